The minimum atomic E-state index is -3.88. The first-order valence-corrected chi connectivity index (χ1v) is 9.65. The highest BCUT2D eigenvalue weighted by Crippen LogP contribution is 2.29. The van der Waals surface area contributed by atoms with Crippen LogP contribution in [0.5, 0.6) is 0 Å². The Hall–Kier alpha value is -2.09. The smallest absolute Gasteiger partial charge is 0.238 e. The SMILES string of the molecule is CC.CCC.CCS(=O)(=O)n1cc(C=O)c(F)c1-c1cccnc1F. The fraction of sp³-hybridized carbons (Fsp3) is 0.412. The van der Waals surface area contributed by atoms with E-state index in [-0.39, 0.29) is 17.6 Å². The second-order valence-corrected chi connectivity index (χ2v) is 6.74. The largest absolute Gasteiger partial charge is 0.298 e. The van der Waals surface area contributed by atoms with Crippen molar-refractivity contribution in [3.05, 3.63) is 41.9 Å². The van der Waals surface area contributed by atoms with Gasteiger partial charge in [0, 0.05) is 12.4 Å². The summed E-state index contributed by atoms with van der Waals surface area (Å²) in [5, 5.41) is 0. The number of rotatable bonds is 4. The van der Waals surface area contributed by atoms with Crippen molar-refractivity contribution >= 4 is 16.3 Å². The molecule has 5 nitrogen and oxygen atoms in total. The summed E-state index contributed by atoms with van der Waals surface area (Å²) < 4.78 is 52.2. The molecule has 2 aromatic rings. The summed E-state index contributed by atoms with van der Waals surface area (Å²) in [6, 6.07) is 2.53. The number of hydrogen-bond donors (Lipinski definition) is 0. The van der Waals surface area contributed by atoms with Gasteiger partial charge < -0.3 is 0 Å². The van der Waals surface area contributed by atoms with E-state index in [2.05, 4.69) is 18.8 Å². The van der Waals surface area contributed by atoms with Crippen molar-refractivity contribution in [3.8, 4) is 11.3 Å². The first-order chi connectivity index (χ1) is 11.8. The molecule has 25 heavy (non-hydrogen) atoms. The van der Waals surface area contributed by atoms with E-state index in [1.807, 2.05) is 13.8 Å². The minimum Gasteiger partial charge on any atom is -0.298 e. The van der Waals surface area contributed by atoms with Gasteiger partial charge in [0.15, 0.2) is 12.1 Å². The maximum atomic E-state index is 14.1. The number of aromatic nitrogens is 2. The Morgan fingerprint density at radius 3 is 2.20 bits per heavy atom. The molecule has 140 valence electrons. The van der Waals surface area contributed by atoms with Gasteiger partial charge in [0.25, 0.3) is 0 Å². The highest BCUT2D eigenvalue weighted by molar-refractivity contribution is 7.89. The molecule has 2 aromatic heterocycles. The Morgan fingerprint density at radius 1 is 1.20 bits per heavy atom. The van der Waals surface area contributed by atoms with Gasteiger partial charge in [-0.25, -0.2) is 21.8 Å². The third-order valence-electron chi connectivity index (χ3n) is 2.74. The van der Waals surface area contributed by atoms with Crippen LogP contribution >= 0.6 is 0 Å². The number of aldehydes is 1. The molecular formula is C17H24F2N2O3S. The van der Waals surface area contributed by atoms with Gasteiger partial charge in [-0.2, -0.15) is 4.39 Å². The molecule has 0 spiro atoms. The van der Waals surface area contributed by atoms with E-state index in [9.17, 15) is 22.0 Å². The lowest BCUT2D eigenvalue weighted by Crippen LogP contribution is -2.15. The second-order valence-electron chi connectivity index (χ2n) is 4.61. The molecule has 0 aliphatic heterocycles. The van der Waals surface area contributed by atoms with Crippen molar-refractivity contribution in [1.29, 1.82) is 0 Å². The van der Waals surface area contributed by atoms with Gasteiger partial charge >= 0.3 is 0 Å². The monoisotopic (exact) mass is 374 g/mol. The number of nitrogens with zero attached hydrogens (tertiary/aromatic N) is 2. The highest BCUT2D eigenvalue weighted by Gasteiger charge is 2.25. The van der Waals surface area contributed by atoms with Crippen molar-refractivity contribution in [2.75, 3.05) is 5.75 Å². The number of carbonyl (C=O) groups excluding carboxylic acids is 1. The third kappa shape index (κ3) is 5.45. The van der Waals surface area contributed by atoms with Gasteiger partial charge in [0.2, 0.25) is 16.0 Å². The average Bonchev–Trinajstić information content (AvgIpc) is 2.95. The first-order valence-electron chi connectivity index (χ1n) is 8.04. The predicted octanol–water partition coefficient (Wildman–Crippen LogP) is 4.28. The molecule has 0 atom stereocenters. The molecular weight excluding hydrogens is 350 g/mol. The standard InChI is InChI=1S/C12H10F2N2O3S.C3H8.C2H6/c1-2-20(18,19)16-6-8(7-17)10(13)11(16)9-4-3-5-15-12(9)14;1-3-2;1-2/h3-7H,2H2,1H3;3H2,1-2H3;1-2H3. The number of hydrogen-bond acceptors (Lipinski definition) is 4. The van der Waals surface area contributed by atoms with Crippen LogP contribution < -0.4 is 0 Å². The van der Waals surface area contributed by atoms with E-state index in [0.29, 0.717) is 3.97 Å². The Kier molecular flexibility index (Phi) is 9.81. The fourth-order valence-electron chi connectivity index (χ4n) is 1.72. The molecule has 0 amide bonds. The first kappa shape index (κ1) is 22.9. The van der Waals surface area contributed by atoms with Crippen LogP contribution in [0.15, 0.2) is 24.5 Å². The summed E-state index contributed by atoms with van der Waals surface area (Å²) in [5.74, 6) is -2.44. The normalized spacial score (nSPS) is 10.2. The van der Waals surface area contributed by atoms with E-state index < -0.39 is 33.0 Å². The molecule has 0 aromatic carbocycles. The summed E-state index contributed by atoms with van der Waals surface area (Å²) in [4.78, 5) is 14.1. The Balaban J connectivity index is 0.00000104. The van der Waals surface area contributed by atoms with Gasteiger partial charge in [-0.3, -0.25) is 4.79 Å². The van der Waals surface area contributed by atoms with Crippen LogP contribution in [0.25, 0.3) is 11.3 Å². The molecule has 0 bridgehead atoms. The van der Waals surface area contributed by atoms with Crippen LogP contribution in [0.3, 0.4) is 0 Å². The molecule has 0 aliphatic carbocycles. The topological polar surface area (TPSA) is 69.0 Å². The average molecular weight is 374 g/mol. The van der Waals surface area contributed by atoms with Crippen LogP contribution in [-0.2, 0) is 10.0 Å². The van der Waals surface area contributed by atoms with Gasteiger partial charge in [0.05, 0.1) is 16.9 Å². The van der Waals surface area contributed by atoms with Crippen molar-refractivity contribution in [1.82, 2.24) is 8.96 Å². The number of halogens is 2. The van der Waals surface area contributed by atoms with Crippen LogP contribution in [0, 0.1) is 11.8 Å². The third-order valence-corrected chi connectivity index (χ3v) is 4.36. The van der Waals surface area contributed by atoms with Crippen molar-refractivity contribution in [2.24, 2.45) is 0 Å². The maximum absolute atomic E-state index is 14.1. The summed E-state index contributed by atoms with van der Waals surface area (Å²) >= 11 is 0. The van der Waals surface area contributed by atoms with E-state index in [0.717, 1.165) is 12.4 Å². The van der Waals surface area contributed by atoms with Crippen molar-refractivity contribution in [3.63, 3.8) is 0 Å². The quantitative estimate of drug-likeness (QED) is 0.592. The van der Waals surface area contributed by atoms with Gasteiger partial charge in [-0.15, -0.1) is 0 Å². The lowest BCUT2D eigenvalue weighted by Gasteiger charge is -2.09. The molecule has 0 fully saturated rings. The van der Waals surface area contributed by atoms with Gasteiger partial charge in [0.1, 0.15) is 5.69 Å². The Bertz CT molecular complexity index is 787. The predicted molar refractivity (Wildman–Crippen MR) is 95.1 cm³/mol. The highest BCUT2D eigenvalue weighted by atomic mass is 32.2. The van der Waals surface area contributed by atoms with E-state index >= 15 is 0 Å². The second kappa shape index (κ2) is 10.7. The Morgan fingerprint density at radius 2 is 1.76 bits per heavy atom. The summed E-state index contributed by atoms with van der Waals surface area (Å²) in [6.45, 7) is 9.61. The van der Waals surface area contributed by atoms with Crippen LogP contribution in [0.1, 0.15) is 51.4 Å². The van der Waals surface area contributed by atoms with Crippen molar-refractivity contribution in [2.45, 2.75) is 41.0 Å². The zero-order valence-electron chi connectivity index (χ0n) is 15.1. The van der Waals surface area contributed by atoms with Crippen LogP contribution in [0.2, 0.25) is 0 Å². The van der Waals surface area contributed by atoms with E-state index in [4.69, 9.17) is 0 Å². The number of pyridine rings is 1. The summed E-state index contributed by atoms with van der Waals surface area (Å²) in [5.41, 5.74) is -1.31. The van der Waals surface area contributed by atoms with Crippen molar-refractivity contribution < 1.29 is 22.0 Å². The fourth-order valence-corrected chi connectivity index (χ4v) is 2.73. The zero-order valence-corrected chi connectivity index (χ0v) is 15.9. The molecule has 0 saturated carbocycles. The lowest BCUT2D eigenvalue weighted by atomic mass is 10.2. The maximum Gasteiger partial charge on any atom is 0.238 e. The molecule has 0 unspecified atom stereocenters. The zero-order chi connectivity index (χ0) is 19.6. The van der Waals surface area contributed by atoms with E-state index in [1.165, 1.54) is 25.5 Å². The minimum absolute atomic E-state index is 0.175. The van der Waals surface area contributed by atoms with Gasteiger partial charge in [-0.05, 0) is 19.1 Å². The van der Waals surface area contributed by atoms with Gasteiger partial charge in [-0.1, -0.05) is 34.1 Å². The molecule has 0 aliphatic rings. The molecule has 2 rings (SSSR count). The molecule has 0 saturated heterocycles. The molecule has 8 heteroatoms. The molecule has 0 radical (unpaired) electrons. The molecule has 2 heterocycles. The Labute approximate surface area is 147 Å². The molecule has 0 N–H and O–H groups in total. The summed E-state index contributed by atoms with van der Waals surface area (Å²) in [7, 11) is -3.88. The van der Waals surface area contributed by atoms with Crippen LogP contribution in [0.4, 0.5) is 8.78 Å². The van der Waals surface area contributed by atoms with E-state index in [1.54, 1.807) is 0 Å². The summed E-state index contributed by atoms with van der Waals surface area (Å²) in [6.07, 6.45) is 3.41. The number of carbonyl (C=O) groups is 1. The van der Waals surface area contributed by atoms with Crippen LogP contribution in [-0.4, -0.2) is 29.4 Å². The lowest BCUT2D eigenvalue weighted by molar-refractivity contribution is 0.112.